The smallest absolute Gasteiger partial charge is 0.261 e. The van der Waals surface area contributed by atoms with Crippen molar-refractivity contribution in [1.29, 1.82) is 0 Å². The van der Waals surface area contributed by atoms with Crippen molar-refractivity contribution >= 4 is 21.4 Å². The lowest BCUT2D eigenvalue weighted by atomic mass is 10.1. The summed E-state index contributed by atoms with van der Waals surface area (Å²) >= 11 is 0. The fourth-order valence-corrected chi connectivity index (χ4v) is 4.81. The SMILES string of the molecule is O=S(=O)(Nc1ccc(CCNC[C@H](O)COc2ccc(O)cc2)cc1)c1ccc2c(c1)CCN2. The van der Waals surface area contributed by atoms with Crippen molar-refractivity contribution in [3.63, 3.8) is 0 Å². The molecule has 34 heavy (non-hydrogen) atoms. The highest BCUT2D eigenvalue weighted by Crippen LogP contribution is 2.26. The Morgan fingerprint density at radius 3 is 2.56 bits per heavy atom. The average molecular weight is 484 g/mol. The molecule has 0 fully saturated rings. The summed E-state index contributed by atoms with van der Waals surface area (Å²) in [7, 11) is -3.65. The molecule has 4 rings (SSSR count). The van der Waals surface area contributed by atoms with E-state index in [1.165, 1.54) is 12.1 Å². The van der Waals surface area contributed by atoms with E-state index in [0.29, 0.717) is 24.5 Å². The largest absolute Gasteiger partial charge is 0.508 e. The molecule has 180 valence electrons. The van der Waals surface area contributed by atoms with Gasteiger partial charge in [0, 0.05) is 24.5 Å². The van der Waals surface area contributed by atoms with Gasteiger partial charge in [0.1, 0.15) is 24.2 Å². The molecule has 3 aromatic rings. The van der Waals surface area contributed by atoms with E-state index in [0.717, 1.165) is 36.2 Å². The quantitative estimate of drug-likeness (QED) is 0.266. The molecular formula is C25H29N3O5S. The number of aromatic hydroxyl groups is 1. The maximum Gasteiger partial charge on any atom is 0.261 e. The molecule has 0 aromatic heterocycles. The zero-order chi connectivity index (χ0) is 24.0. The fourth-order valence-electron chi connectivity index (χ4n) is 3.70. The number of hydrogen-bond acceptors (Lipinski definition) is 7. The predicted octanol–water partition coefficient (Wildman–Crippen LogP) is 2.73. The Hall–Kier alpha value is -3.27. The minimum atomic E-state index is -3.65. The highest BCUT2D eigenvalue weighted by molar-refractivity contribution is 7.92. The van der Waals surface area contributed by atoms with Crippen LogP contribution >= 0.6 is 0 Å². The maximum absolute atomic E-state index is 12.7. The van der Waals surface area contributed by atoms with Gasteiger partial charge in [-0.3, -0.25) is 4.72 Å². The number of anilines is 2. The van der Waals surface area contributed by atoms with E-state index in [2.05, 4.69) is 15.4 Å². The first kappa shape index (κ1) is 23.9. The van der Waals surface area contributed by atoms with Gasteiger partial charge in [0.2, 0.25) is 0 Å². The van der Waals surface area contributed by atoms with Gasteiger partial charge in [-0.25, -0.2) is 8.42 Å². The monoisotopic (exact) mass is 483 g/mol. The van der Waals surface area contributed by atoms with E-state index in [4.69, 9.17) is 4.74 Å². The van der Waals surface area contributed by atoms with Crippen LogP contribution in [0.25, 0.3) is 0 Å². The normalized spacial score (nSPS) is 13.7. The second-order valence-electron chi connectivity index (χ2n) is 8.21. The number of sulfonamides is 1. The second-order valence-corrected chi connectivity index (χ2v) is 9.89. The summed E-state index contributed by atoms with van der Waals surface area (Å²) in [4.78, 5) is 0.260. The molecule has 0 saturated carbocycles. The average Bonchev–Trinajstić information content (AvgIpc) is 3.30. The molecule has 0 bridgehead atoms. The molecule has 8 nitrogen and oxygen atoms in total. The zero-order valence-corrected chi connectivity index (χ0v) is 19.5. The van der Waals surface area contributed by atoms with Crippen molar-refractivity contribution in [1.82, 2.24) is 5.32 Å². The first-order valence-corrected chi connectivity index (χ1v) is 12.7. The summed E-state index contributed by atoms with van der Waals surface area (Å²) < 4.78 is 33.6. The number of phenolic OH excluding ortho intramolecular Hbond substituents is 1. The number of benzene rings is 3. The first-order valence-electron chi connectivity index (χ1n) is 11.2. The third-order valence-corrected chi connectivity index (χ3v) is 6.93. The van der Waals surface area contributed by atoms with E-state index in [9.17, 15) is 18.6 Å². The van der Waals surface area contributed by atoms with E-state index < -0.39 is 16.1 Å². The van der Waals surface area contributed by atoms with Crippen LogP contribution in [0.2, 0.25) is 0 Å². The fraction of sp³-hybridized carbons (Fsp3) is 0.280. The standard InChI is InChI=1S/C25H29N3O5S/c29-21-5-7-23(8-6-21)33-17-22(30)16-26-13-11-18-1-3-20(4-2-18)28-34(31,32)24-9-10-25-19(15-24)12-14-27-25/h1-10,15,22,26-30H,11-14,16-17H2/t22-/m0/s1. The summed E-state index contributed by atoms with van der Waals surface area (Å²) in [6.45, 7) is 2.01. The van der Waals surface area contributed by atoms with Crippen LogP contribution in [0.4, 0.5) is 11.4 Å². The first-order chi connectivity index (χ1) is 16.4. The molecular weight excluding hydrogens is 454 g/mol. The van der Waals surface area contributed by atoms with Gasteiger partial charge in [-0.05, 0) is 85.1 Å². The van der Waals surface area contributed by atoms with Gasteiger partial charge in [-0.15, -0.1) is 0 Å². The lowest BCUT2D eigenvalue weighted by Gasteiger charge is -2.13. The minimum Gasteiger partial charge on any atom is -0.508 e. The van der Waals surface area contributed by atoms with Gasteiger partial charge < -0.3 is 25.6 Å². The molecule has 1 heterocycles. The maximum atomic E-state index is 12.7. The van der Waals surface area contributed by atoms with Crippen molar-refractivity contribution < 1.29 is 23.4 Å². The number of hydrogen-bond donors (Lipinski definition) is 5. The molecule has 5 N–H and O–H groups in total. The Labute approximate surface area is 199 Å². The number of rotatable bonds is 11. The van der Waals surface area contributed by atoms with Gasteiger partial charge in [0.25, 0.3) is 10.0 Å². The van der Waals surface area contributed by atoms with Gasteiger partial charge in [0.05, 0.1) is 4.90 Å². The van der Waals surface area contributed by atoms with Crippen LogP contribution in [0, 0.1) is 0 Å². The Kier molecular flexibility index (Phi) is 7.56. The lowest BCUT2D eigenvalue weighted by Crippen LogP contribution is -2.32. The molecule has 1 atom stereocenters. The Balaban J connectivity index is 1.19. The predicted molar refractivity (Wildman–Crippen MR) is 132 cm³/mol. The Bertz CT molecular complexity index is 1200. The van der Waals surface area contributed by atoms with Crippen LogP contribution in [0.15, 0.2) is 71.6 Å². The number of phenols is 1. The van der Waals surface area contributed by atoms with Crippen molar-refractivity contribution in [2.75, 3.05) is 36.3 Å². The third-order valence-electron chi connectivity index (χ3n) is 5.55. The van der Waals surface area contributed by atoms with Crippen molar-refractivity contribution in [2.24, 2.45) is 0 Å². The van der Waals surface area contributed by atoms with Gasteiger partial charge in [0.15, 0.2) is 0 Å². The minimum absolute atomic E-state index is 0.146. The van der Waals surface area contributed by atoms with E-state index >= 15 is 0 Å². The van der Waals surface area contributed by atoms with Crippen LogP contribution < -0.4 is 20.1 Å². The van der Waals surface area contributed by atoms with Crippen LogP contribution in [-0.4, -0.2) is 51.0 Å². The van der Waals surface area contributed by atoms with Gasteiger partial charge >= 0.3 is 0 Å². The summed E-state index contributed by atoms with van der Waals surface area (Å²) in [5.41, 5.74) is 3.57. The lowest BCUT2D eigenvalue weighted by molar-refractivity contribution is 0.106. The van der Waals surface area contributed by atoms with Crippen LogP contribution in [0.1, 0.15) is 11.1 Å². The molecule has 9 heteroatoms. The second kappa shape index (κ2) is 10.8. The Morgan fingerprint density at radius 1 is 1.03 bits per heavy atom. The number of ether oxygens (including phenoxy) is 1. The number of fused-ring (bicyclic) bond motifs is 1. The number of aliphatic hydroxyl groups excluding tert-OH is 1. The van der Waals surface area contributed by atoms with E-state index in [-0.39, 0.29) is 17.3 Å². The molecule has 1 aliphatic rings. The molecule has 0 spiro atoms. The highest BCUT2D eigenvalue weighted by atomic mass is 32.2. The van der Waals surface area contributed by atoms with Crippen molar-refractivity contribution in [2.45, 2.75) is 23.8 Å². The van der Waals surface area contributed by atoms with Crippen LogP contribution in [0.3, 0.4) is 0 Å². The van der Waals surface area contributed by atoms with E-state index in [1.54, 1.807) is 36.4 Å². The molecule has 0 amide bonds. The topological polar surface area (TPSA) is 120 Å². The molecule has 0 aliphatic carbocycles. The van der Waals surface area contributed by atoms with Gasteiger partial charge in [-0.1, -0.05) is 12.1 Å². The Morgan fingerprint density at radius 2 is 1.79 bits per heavy atom. The summed E-state index contributed by atoms with van der Waals surface area (Å²) in [6, 6.07) is 18.8. The molecule has 3 aromatic carbocycles. The molecule has 0 radical (unpaired) electrons. The van der Waals surface area contributed by atoms with Crippen molar-refractivity contribution in [3.8, 4) is 11.5 Å². The summed E-state index contributed by atoms with van der Waals surface area (Å²) in [5, 5.41) is 25.7. The number of aliphatic hydroxyl groups is 1. The molecule has 0 saturated heterocycles. The van der Waals surface area contributed by atoms with Crippen LogP contribution in [0.5, 0.6) is 11.5 Å². The molecule has 0 unspecified atom stereocenters. The van der Waals surface area contributed by atoms with E-state index in [1.807, 2.05) is 18.2 Å². The van der Waals surface area contributed by atoms with Crippen LogP contribution in [-0.2, 0) is 22.9 Å². The van der Waals surface area contributed by atoms with Gasteiger partial charge in [-0.2, -0.15) is 0 Å². The number of nitrogens with one attached hydrogen (secondary N) is 3. The third kappa shape index (κ3) is 6.40. The summed E-state index contributed by atoms with van der Waals surface area (Å²) in [5.74, 6) is 0.748. The highest BCUT2D eigenvalue weighted by Gasteiger charge is 2.18. The molecule has 1 aliphatic heterocycles. The zero-order valence-electron chi connectivity index (χ0n) is 18.7. The van der Waals surface area contributed by atoms with Crippen molar-refractivity contribution in [3.05, 3.63) is 77.9 Å². The summed E-state index contributed by atoms with van der Waals surface area (Å²) in [6.07, 6.45) is 0.890.